The lowest BCUT2D eigenvalue weighted by Gasteiger charge is -2.15. The van der Waals surface area contributed by atoms with Crippen molar-refractivity contribution in [2.24, 2.45) is 0 Å². The van der Waals surface area contributed by atoms with E-state index in [2.05, 4.69) is 28.0 Å². The Morgan fingerprint density at radius 1 is 1.06 bits per heavy atom. The van der Waals surface area contributed by atoms with Crippen LogP contribution in [0.3, 0.4) is 0 Å². The molecule has 0 radical (unpaired) electrons. The van der Waals surface area contributed by atoms with Gasteiger partial charge in [-0.2, -0.15) is 0 Å². The number of aromatic carboxylic acids is 1. The Kier molecular flexibility index (Phi) is 7.35. The maximum Gasteiger partial charge on any atom is 0.335 e. The molecule has 0 aromatic heterocycles. The van der Waals surface area contributed by atoms with Crippen molar-refractivity contribution in [2.75, 3.05) is 11.6 Å². The van der Waals surface area contributed by atoms with Crippen LogP contribution < -0.4 is 19.9 Å². The number of benzene rings is 3. The second-order valence-corrected chi connectivity index (χ2v) is 8.69. The first-order valence-corrected chi connectivity index (χ1v) is 11.8. The number of nitrogens with one attached hydrogen (secondary N) is 1. The highest BCUT2D eigenvalue weighted by Gasteiger charge is 2.34. The number of carbonyl (C=O) groups excluding carboxylic acids is 2. The van der Waals surface area contributed by atoms with E-state index in [1.807, 2.05) is 13.0 Å². The minimum absolute atomic E-state index is 0.0132. The Hall–Kier alpha value is -3.86. The smallest absolute Gasteiger partial charge is 0.335 e. The Bertz CT molecular complexity index is 1310. The number of ether oxygens (including phenoxy) is 2. The number of rotatable bonds is 8. The van der Waals surface area contributed by atoms with Gasteiger partial charge in [0.2, 0.25) is 0 Å². The Balaban J connectivity index is 1.58. The van der Waals surface area contributed by atoms with E-state index in [1.54, 1.807) is 48.5 Å². The summed E-state index contributed by atoms with van der Waals surface area (Å²) in [4.78, 5) is 36.4. The van der Waals surface area contributed by atoms with Crippen molar-refractivity contribution >= 4 is 52.1 Å². The first kappa shape index (κ1) is 24.3. The largest absolute Gasteiger partial charge is 0.490 e. The molecule has 178 valence electrons. The van der Waals surface area contributed by atoms with Crippen molar-refractivity contribution in [2.45, 2.75) is 13.5 Å². The molecule has 3 aromatic rings. The van der Waals surface area contributed by atoms with Gasteiger partial charge < -0.3 is 14.6 Å². The molecule has 9 heteroatoms. The van der Waals surface area contributed by atoms with E-state index in [0.717, 1.165) is 9.13 Å². The normalized spacial score (nSPS) is 14.2. The number of hydrazine groups is 1. The number of hydrogen-bond donors (Lipinski definition) is 2. The molecule has 0 bridgehead atoms. The van der Waals surface area contributed by atoms with Crippen molar-refractivity contribution in [3.63, 3.8) is 0 Å². The van der Waals surface area contributed by atoms with Crippen molar-refractivity contribution in [3.8, 4) is 11.5 Å². The molecule has 0 spiro atoms. The minimum Gasteiger partial charge on any atom is -0.490 e. The Morgan fingerprint density at radius 2 is 1.77 bits per heavy atom. The van der Waals surface area contributed by atoms with Crippen LogP contribution in [0.4, 0.5) is 5.69 Å². The van der Waals surface area contributed by atoms with Crippen LogP contribution in [-0.4, -0.2) is 29.5 Å². The molecule has 1 heterocycles. The van der Waals surface area contributed by atoms with Crippen LogP contribution in [0, 0.1) is 3.57 Å². The molecular weight excluding hydrogens is 563 g/mol. The highest BCUT2D eigenvalue weighted by molar-refractivity contribution is 14.1. The molecule has 35 heavy (non-hydrogen) atoms. The molecule has 0 atom stereocenters. The fourth-order valence-electron chi connectivity index (χ4n) is 3.46. The number of halogens is 1. The van der Waals surface area contributed by atoms with Crippen LogP contribution in [0.5, 0.6) is 11.5 Å². The van der Waals surface area contributed by atoms with Crippen LogP contribution in [0.1, 0.15) is 28.4 Å². The number of carboxylic acid groups (broad SMARTS) is 1. The van der Waals surface area contributed by atoms with E-state index >= 15 is 0 Å². The minimum atomic E-state index is -0.989. The number of anilines is 1. The van der Waals surface area contributed by atoms with E-state index in [0.29, 0.717) is 29.4 Å². The van der Waals surface area contributed by atoms with E-state index in [-0.39, 0.29) is 17.7 Å². The van der Waals surface area contributed by atoms with Crippen molar-refractivity contribution < 1.29 is 29.0 Å². The predicted molar refractivity (Wildman–Crippen MR) is 138 cm³/mol. The lowest BCUT2D eigenvalue weighted by atomic mass is 10.1. The summed E-state index contributed by atoms with van der Waals surface area (Å²) in [5.74, 6) is -0.933. The van der Waals surface area contributed by atoms with Gasteiger partial charge in [0.1, 0.15) is 12.2 Å². The summed E-state index contributed by atoms with van der Waals surface area (Å²) in [6, 6.07) is 18.8. The van der Waals surface area contributed by atoms with Gasteiger partial charge in [0.15, 0.2) is 11.5 Å². The van der Waals surface area contributed by atoms with E-state index in [4.69, 9.17) is 14.6 Å². The Morgan fingerprint density at radius 3 is 2.43 bits per heavy atom. The van der Waals surface area contributed by atoms with Gasteiger partial charge in [-0.25, -0.2) is 9.80 Å². The maximum atomic E-state index is 12.9. The van der Waals surface area contributed by atoms with E-state index in [9.17, 15) is 14.4 Å². The number of carbonyl (C=O) groups is 3. The second kappa shape index (κ2) is 10.6. The first-order chi connectivity index (χ1) is 16.9. The van der Waals surface area contributed by atoms with Gasteiger partial charge in [0.25, 0.3) is 11.8 Å². The topological polar surface area (TPSA) is 105 Å². The van der Waals surface area contributed by atoms with Crippen LogP contribution >= 0.6 is 22.6 Å². The molecule has 1 fully saturated rings. The molecule has 8 nitrogen and oxygen atoms in total. The lowest BCUT2D eigenvalue weighted by Crippen LogP contribution is -2.35. The van der Waals surface area contributed by atoms with Gasteiger partial charge in [0, 0.05) is 0 Å². The highest BCUT2D eigenvalue weighted by Crippen LogP contribution is 2.36. The van der Waals surface area contributed by atoms with Gasteiger partial charge >= 0.3 is 5.97 Å². The molecule has 0 saturated carbocycles. The molecule has 2 amide bonds. The number of nitrogens with zero attached hydrogens (tertiary/aromatic N) is 1. The van der Waals surface area contributed by atoms with Gasteiger partial charge in [-0.15, -0.1) is 0 Å². The summed E-state index contributed by atoms with van der Waals surface area (Å²) in [6.45, 7) is 2.45. The lowest BCUT2D eigenvalue weighted by molar-refractivity contribution is -0.117. The van der Waals surface area contributed by atoms with Gasteiger partial charge in [-0.1, -0.05) is 30.3 Å². The van der Waals surface area contributed by atoms with Crippen LogP contribution in [-0.2, 0) is 16.2 Å². The number of hydrogen-bond acceptors (Lipinski definition) is 5. The Labute approximate surface area is 215 Å². The highest BCUT2D eigenvalue weighted by atomic mass is 127. The zero-order valence-electron chi connectivity index (χ0n) is 18.7. The van der Waals surface area contributed by atoms with Crippen LogP contribution in [0.2, 0.25) is 0 Å². The standard InChI is InChI=1S/C26H21IN2O6/c1-2-34-22-14-17(12-20-24(30)28-29(25(20)31)19-6-4-3-5-7-19)13-21(27)23(22)35-15-16-8-10-18(11-9-16)26(32)33/h3-14H,2,15H2,1H3,(H,28,30)(H,32,33)/b20-12-. The summed E-state index contributed by atoms with van der Waals surface area (Å²) in [5.41, 5.74) is 4.79. The molecule has 1 saturated heterocycles. The molecule has 1 aliphatic heterocycles. The summed E-state index contributed by atoms with van der Waals surface area (Å²) in [5, 5.41) is 10.3. The fourth-order valence-corrected chi connectivity index (χ4v) is 4.24. The van der Waals surface area contributed by atoms with E-state index < -0.39 is 17.8 Å². The summed E-state index contributed by atoms with van der Waals surface area (Å²) in [6.07, 6.45) is 1.53. The molecule has 0 unspecified atom stereocenters. The SMILES string of the molecule is CCOc1cc(/C=C2/C(=O)NN(c3ccccc3)C2=O)cc(I)c1OCc1ccc(C(=O)O)cc1. The molecule has 4 rings (SSSR count). The number of carboxylic acids is 1. The van der Waals surface area contributed by atoms with Crippen molar-refractivity contribution in [1.82, 2.24) is 5.43 Å². The zero-order chi connectivity index (χ0) is 24.9. The van der Waals surface area contributed by atoms with E-state index in [1.165, 1.54) is 23.2 Å². The maximum absolute atomic E-state index is 12.9. The average molecular weight is 584 g/mol. The fraction of sp³-hybridized carbons (Fsp3) is 0.115. The molecule has 1 aliphatic rings. The van der Waals surface area contributed by atoms with Crippen molar-refractivity contribution in [3.05, 3.63) is 92.6 Å². The summed E-state index contributed by atoms with van der Waals surface area (Å²) >= 11 is 2.11. The molecule has 3 aromatic carbocycles. The van der Waals surface area contributed by atoms with Crippen molar-refractivity contribution in [1.29, 1.82) is 0 Å². The second-order valence-electron chi connectivity index (χ2n) is 7.53. The molecule has 2 N–H and O–H groups in total. The number of amides is 2. The van der Waals surface area contributed by atoms with Gasteiger partial charge in [0.05, 0.1) is 21.4 Å². The summed E-state index contributed by atoms with van der Waals surface area (Å²) < 4.78 is 12.5. The predicted octanol–water partition coefficient (Wildman–Crippen LogP) is 4.43. The molecular formula is C26H21IN2O6. The van der Waals surface area contributed by atoms with Crippen LogP contribution in [0.15, 0.2) is 72.3 Å². The monoisotopic (exact) mass is 584 g/mol. The third kappa shape index (κ3) is 5.46. The summed E-state index contributed by atoms with van der Waals surface area (Å²) in [7, 11) is 0. The van der Waals surface area contributed by atoms with Crippen LogP contribution in [0.25, 0.3) is 6.08 Å². The first-order valence-electron chi connectivity index (χ1n) is 10.7. The third-order valence-corrected chi connectivity index (χ3v) is 5.93. The third-order valence-electron chi connectivity index (χ3n) is 5.13. The molecule has 0 aliphatic carbocycles. The number of para-hydroxylation sites is 1. The quantitative estimate of drug-likeness (QED) is 0.231. The zero-order valence-corrected chi connectivity index (χ0v) is 20.8. The average Bonchev–Trinajstić information content (AvgIpc) is 3.13. The van der Waals surface area contributed by atoms with Gasteiger partial charge in [-0.3, -0.25) is 15.0 Å². The van der Waals surface area contributed by atoms with Gasteiger partial charge in [-0.05, 0) is 83.1 Å².